The van der Waals surface area contributed by atoms with Crippen molar-refractivity contribution >= 4 is 15.5 Å². The van der Waals surface area contributed by atoms with Crippen LogP contribution in [0, 0.1) is 11.7 Å². The highest BCUT2D eigenvalue weighted by Crippen LogP contribution is 2.35. The van der Waals surface area contributed by atoms with Gasteiger partial charge < -0.3 is 5.73 Å². The summed E-state index contributed by atoms with van der Waals surface area (Å²) in [4.78, 5) is -0.0470. The Morgan fingerprint density at radius 1 is 1.37 bits per heavy atom. The second kappa shape index (κ2) is 5.49. The van der Waals surface area contributed by atoms with E-state index in [4.69, 9.17) is 5.73 Å². The van der Waals surface area contributed by atoms with Crippen molar-refractivity contribution in [2.45, 2.75) is 49.2 Å². The van der Waals surface area contributed by atoms with Gasteiger partial charge in [0.15, 0.2) is 9.84 Å². The first-order chi connectivity index (χ1) is 8.95. The average Bonchev–Trinajstić information content (AvgIpc) is 2.41. The molecule has 2 atom stereocenters. The van der Waals surface area contributed by atoms with E-state index in [1.54, 1.807) is 0 Å². The Bertz CT molecular complexity index is 557. The fraction of sp³-hybridized carbons (Fsp3) is 0.571. The van der Waals surface area contributed by atoms with E-state index in [1.165, 1.54) is 12.1 Å². The third kappa shape index (κ3) is 2.91. The molecule has 1 aromatic carbocycles. The molecule has 0 amide bonds. The van der Waals surface area contributed by atoms with Crippen molar-refractivity contribution in [3.05, 3.63) is 24.0 Å². The minimum Gasteiger partial charge on any atom is -0.398 e. The number of hydrogen-bond donors (Lipinski definition) is 1. The van der Waals surface area contributed by atoms with Crippen LogP contribution in [0.15, 0.2) is 23.1 Å². The summed E-state index contributed by atoms with van der Waals surface area (Å²) in [5, 5.41) is -0.421. The molecule has 0 heterocycles. The number of nitrogens with two attached hydrogens (primary N) is 1. The fourth-order valence-electron chi connectivity index (χ4n) is 2.83. The standard InChI is InChI=1S/C14H20FNO2S/c1-2-10-4-3-5-12(8-10)19(17,18)14-9-11(15)6-7-13(14)16/h6-7,9-10,12H,2-5,8,16H2,1H3. The van der Waals surface area contributed by atoms with E-state index >= 15 is 0 Å². The summed E-state index contributed by atoms with van der Waals surface area (Å²) in [5.74, 6) is -0.112. The summed E-state index contributed by atoms with van der Waals surface area (Å²) < 4.78 is 38.4. The lowest BCUT2D eigenvalue weighted by Crippen LogP contribution is -2.28. The summed E-state index contributed by atoms with van der Waals surface area (Å²) in [7, 11) is -3.52. The van der Waals surface area contributed by atoms with E-state index < -0.39 is 20.9 Å². The largest absolute Gasteiger partial charge is 0.398 e. The van der Waals surface area contributed by atoms with Crippen LogP contribution in [0.2, 0.25) is 0 Å². The molecule has 0 aromatic heterocycles. The van der Waals surface area contributed by atoms with Crippen LogP contribution >= 0.6 is 0 Å². The highest BCUT2D eigenvalue weighted by Gasteiger charge is 2.33. The van der Waals surface area contributed by atoms with Gasteiger partial charge >= 0.3 is 0 Å². The molecule has 2 rings (SSSR count). The lowest BCUT2D eigenvalue weighted by molar-refractivity contribution is 0.348. The smallest absolute Gasteiger partial charge is 0.183 e. The summed E-state index contributed by atoms with van der Waals surface area (Å²) in [6, 6.07) is 3.55. The Labute approximate surface area is 113 Å². The van der Waals surface area contributed by atoms with Gasteiger partial charge in [0.05, 0.1) is 15.8 Å². The van der Waals surface area contributed by atoms with Crippen molar-refractivity contribution in [1.29, 1.82) is 0 Å². The Hall–Kier alpha value is -1.10. The molecule has 0 spiro atoms. The van der Waals surface area contributed by atoms with E-state index in [0.29, 0.717) is 18.8 Å². The lowest BCUT2D eigenvalue weighted by Gasteiger charge is -2.28. The lowest BCUT2D eigenvalue weighted by atomic mass is 9.87. The van der Waals surface area contributed by atoms with E-state index in [9.17, 15) is 12.8 Å². The molecule has 19 heavy (non-hydrogen) atoms. The summed E-state index contributed by atoms with van der Waals surface area (Å²) in [5.41, 5.74) is 5.84. The first kappa shape index (κ1) is 14.3. The van der Waals surface area contributed by atoms with Gasteiger partial charge in [0.25, 0.3) is 0 Å². The van der Waals surface area contributed by atoms with Gasteiger partial charge in [-0.2, -0.15) is 0 Å². The molecular weight excluding hydrogens is 265 g/mol. The maximum atomic E-state index is 13.3. The van der Waals surface area contributed by atoms with Gasteiger partial charge in [0, 0.05) is 0 Å². The van der Waals surface area contributed by atoms with Gasteiger partial charge in [0.1, 0.15) is 5.82 Å². The molecule has 2 N–H and O–H groups in total. The highest BCUT2D eigenvalue weighted by atomic mass is 32.2. The van der Waals surface area contributed by atoms with Gasteiger partial charge in [-0.25, -0.2) is 12.8 Å². The number of halogens is 1. The highest BCUT2D eigenvalue weighted by molar-refractivity contribution is 7.92. The van der Waals surface area contributed by atoms with Gasteiger partial charge in [0.2, 0.25) is 0 Å². The maximum Gasteiger partial charge on any atom is 0.183 e. The Morgan fingerprint density at radius 2 is 2.11 bits per heavy atom. The van der Waals surface area contributed by atoms with Crippen molar-refractivity contribution in [2.75, 3.05) is 5.73 Å². The molecule has 2 unspecified atom stereocenters. The van der Waals surface area contributed by atoms with Crippen LogP contribution < -0.4 is 5.73 Å². The fourth-order valence-corrected chi connectivity index (χ4v) is 4.86. The Balaban J connectivity index is 2.34. The molecule has 5 heteroatoms. The minimum atomic E-state index is -3.52. The van der Waals surface area contributed by atoms with Gasteiger partial charge in [-0.15, -0.1) is 0 Å². The van der Waals surface area contributed by atoms with Crippen LogP contribution in [0.4, 0.5) is 10.1 Å². The predicted octanol–water partition coefficient (Wildman–Crippen LogP) is 3.15. The maximum absolute atomic E-state index is 13.3. The SMILES string of the molecule is CCC1CCCC(S(=O)(=O)c2cc(F)ccc2N)C1. The van der Waals surface area contributed by atoms with Crippen LogP contribution in [0.1, 0.15) is 39.0 Å². The zero-order valence-electron chi connectivity index (χ0n) is 11.1. The zero-order valence-corrected chi connectivity index (χ0v) is 11.9. The Kier molecular flexibility index (Phi) is 4.13. The summed E-state index contributed by atoms with van der Waals surface area (Å²) >= 11 is 0. The first-order valence-corrected chi connectivity index (χ1v) is 8.28. The average molecular weight is 285 g/mol. The van der Waals surface area contributed by atoms with Crippen molar-refractivity contribution in [3.8, 4) is 0 Å². The third-order valence-corrected chi connectivity index (χ3v) is 6.31. The Morgan fingerprint density at radius 3 is 2.79 bits per heavy atom. The van der Waals surface area contributed by atoms with Crippen LogP contribution in [0.3, 0.4) is 0 Å². The number of hydrogen-bond acceptors (Lipinski definition) is 3. The second-order valence-electron chi connectivity index (χ2n) is 5.29. The van der Waals surface area contributed by atoms with E-state index in [2.05, 4.69) is 6.92 Å². The summed E-state index contributed by atoms with van der Waals surface area (Å²) in [6.45, 7) is 2.08. The van der Waals surface area contributed by atoms with Crippen molar-refractivity contribution < 1.29 is 12.8 Å². The minimum absolute atomic E-state index is 0.0470. The number of benzene rings is 1. The van der Waals surface area contributed by atoms with Crippen molar-refractivity contribution in [3.63, 3.8) is 0 Å². The number of nitrogen functional groups attached to an aromatic ring is 1. The van der Waals surface area contributed by atoms with E-state index in [1.807, 2.05) is 0 Å². The van der Waals surface area contributed by atoms with Gasteiger partial charge in [-0.1, -0.05) is 26.2 Å². The van der Waals surface area contributed by atoms with Crippen molar-refractivity contribution in [2.24, 2.45) is 5.92 Å². The number of anilines is 1. The molecule has 1 aromatic rings. The van der Waals surface area contributed by atoms with Crippen LogP contribution in [0.5, 0.6) is 0 Å². The molecule has 3 nitrogen and oxygen atoms in total. The topological polar surface area (TPSA) is 60.2 Å². The van der Waals surface area contributed by atoms with Gasteiger partial charge in [-0.05, 0) is 37.0 Å². The zero-order chi connectivity index (χ0) is 14.0. The molecule has 1 aliphatic carbocycles. The molecular formula is C14H20FNO2S. The molecule has 1 fully saturated rings. The number of rotatable bonds is 3. The van der Waals surface area contributed by atoms with Crippen LogP contribution in [-0.2, 0) is 9.84 Å². The van der Waals surface area contributed by atoms with Gasteiger partial charge in [-0.3, -0.25) is 0 Å². The third-order valence-electron chi connectivity index (χ3n) is 4.03. The number of sulfone groups is 1. The second-order valence-corrected chi connectivity index (χ2v) is 7.49. The molecule has 1 saturated carbocycles. The van der Waals surface area contributed by atoms with Crippen molar-refractivity contribution in [1.82, 2.24) is 0 Å². The molecule has 1 aliphatic rings. The summed E-state index contributed by atoms with van der Waals surface area (Å²) in [6.07, 6.45) is 4.30. The van der Waals surface area contributed by atoms with Crippen LogP contribution in [0.25, 0.3) is 0 Å². The quantitative estimate of drug-likeness (QED) is 0.868. The predicted molar refractivity (Wildman–Crippen MR) is 74.0 cm³/mol. The monoisotopic (exact) mass is 285 g/mol. The molecule has 0 saturated heterocycles. The molecule has 0 bridgehead atoms. The molecule has 0 radical (unpaired) electrons. The van der Waals surface area contributed by atoms with E-state index in [0.717, 1.165) is 25.3 Å². The normalized spacial score (nSPS) is 24.3. The molecule has 0 aliphatic heterocycles. The van der Waals surface area contributed by atoms with Crippen LogP contribution in [-0.4, -0.2) is 13.7 Å². The first-order valence-electron chi connectivity index (χ1n) is 6.74. The molecule has 106 valence electrons. The van der Waals surface area contributed by atoms with E-state index in [-0.39, 0.29) is 10.6 Å².